The van der Waals surface area contributed by atoms with Gasteiger partial charge in [-0.3, -0.25) is 4.90 Å². The van der Waals surface area contributed by atoms with Gasteiger partial charge in [-0.15, -0.1) is 0 Å². The topological polar surface area (TPSA) is 64.5 Å². The Balaban J connectivity index is 1.46. The van der Waals surface area contributed by atoms with Crippen molar-refractivity contribution in [3.05, 3.63) is 41.5 Å². The molecule has 1 aliphatic carbocycles. The van der Waals surface area contributed by atoms with Crippen molar-refractivity contribution in [1.82, 2.24) is 9.88 Å². The minimum atomic E-state index is -4.78. The van der Waals surface area contributed by atoms with Crippen LogP contribution in [0.4, 0.5) is 17.6 Å². The molecule has 1 spiro atoms. The smallest absolute Gasteiger partial charge is 0.419 e. The Morgan fingerprint density at radius 2 is 2.00 bits per heavy atom. The third kappa shape index (κ3) is 4.46. The fraction of sp³-hybridized carbons (Fsp3) is 0.550. The summed E-state index contributed by atoms with van der Waals surface area (Å²) >= 11 is 0. The van der Waals surface area contributed by atoms with Gasteiger partial charge in [0.25, 0.3) is 0 Å². The molecule has 158 valence electrons. The lowest BCUT2D eigenvalue weighted by molar-refractivity contribution is -0.139. The number of alkyl halides is 3. The van der Waals surface area contributed by atoms with Crippen LogP contribution in [-0.4, -0.2) is 41.2 Å². The first kappa shape index (κ1) is 20.3. The Hall–Kier alpha value is -1.97. The van der Waals surface area contributed by atoms with E-state index in [1.165, 1.54) is 12.3 Å². The molecule has 9 heteroatoms. The van der Waals surface area contributed by atoms with Crippen LogP contribution in [0.25, 0.3) is 11.5 Å². The standard InChI is InChI=1S/C20H23F4N3O2/c21-17-2-1-13(9-16(17)20(22,23)24)18-26-15(11-28-18)10-27-7-8-29-19(12-27)5-3-14(25)4-6-19/h1-2,9,11,14H,3-8,10,12,25H2. The number of ether oxygens (including phenoxy) is 1. The average molecular weight is 413 g/mol. The molecule has 2 aliphatic rings. The lowest BCUT2D eigenvalue weighted by atomic mass is 9.81. The molecule has 1 aromatic heterocycles. The molecular weight excluding hydrogens is 390 g/mol. The highest BCUT2D eigenvalue weighted by Gasteiger charge is 2.39. The van der Waals surface area contributed by atoms with Gasteiger partial charge in [-0.25, -0.2) is 9.37 Å². The van der Waals surface area contributed by atoms with Crippen molar-refractivity contribution in [2.24, 2.45) is 5.73 Å². The molecule has 4 rings (SSSR count). The van der Waals surface area contributed by atoms with Gasteiger partial charge in [-0.1, -0.05) is 0 Å². The van der Waals surface area contributed by atoms with Gasteiger partial charge in [0, 0.05) is 31.2 Å². The molecular formula is C20H23F4N3O2. The predicted octanol–water partition coefficient (Wildman–Crippen LogP) is 3.97. The van der Waals surface area contributed by atoms with Crippen LogP contribution in [0.15, 0.2) is 28.9 Å². The molecule has 29 heavy (non-hydrogen) atoms. The second kappa shape index (κ2) is 7.70. The molecule has 2 heterocycles. The molecule has 1 aliphatic heterocycles. The van der Waals surface area contributed by atoms with E-state index in [1.807, 2.05) is 0 Å². The van der Waals surface area contributed by atoms with Gasteiger partial charge >= 0.3 is 6.18 Å². The number of oxazole rings is 1. The molecule has 0 radical (unpaired) electrons. The highest BCUT2D eigenvalue weighted by Crippen LogP contribution is 2.36. The number of hydrogen-bond acceptors (Lipinski definition) is 5. The van der Waals surface area contributed by atoms with E-state index in [2.05, 4.69) is 9.88 Å². The van der Waals surface area contributed by atoms with Gasteiger partial charge in [-0.05, 0) is 43.9 Å². The minimum absolute atomic E-state index is 0.0390. The minimum Gasteiger partial charge on any atom is -0.444 e. The maximum Gasteiger partial charge on any atom is 0.419 e. The molecule has 0 atom stereocenters. The van der Waals surface area contributed by atoms with Crippen molar-refractivity contribution in [3.63, 3.8) is 0 Å². The normalized spacial score (nSPS) is 26.2. The molecule has 1 saturated heterocycles. The van der Waals surface area contributed by atoms with E-state index in [4.69, 9.17) is 14.9 Å². The van der Waals surface area contributed by atoms with E-state index in [0.717, 1.165) is 50.9 Å². The Bertz CT molecular complexity index is 860. The lowest BCUT2D eigenvalue weighted by Crippen LogP contribution is -2.54. The number of aromatic nitrogens is 1. The van der Waals surface area contributed by atoms with E-state index in [0.29, 0.717) is 18.8 Å². The zero-order valence-electron chi connectivity index (χ0n) is 15.8. The van der Waals surface area contributed by atoms with Gasteiger partial charge in [0.15, 0.2) is 0 Å². The van der Waals surface area contributed by atoms with Crippen molar-refractivity contribution in [2.45, 2.75) is 50.0 Å². The van der Waals surface area contributed by atoms with Crippen LogP contribution in [0, 0.1) is 5.82 Å². The molecule has 0 unspecified atom stereocenters. The van der Waals surface area contributed by atoms with E-state index in [-0.39, 0.29) is 23.1 Å². The Morgan fingerprint density at radius 1 is 1.24 bits per heavy atom. The second-order valence-corrected chi connectivity index (χ2v) is 7.92. The summed E-state index contributed by atoms with van der Waals surface area (Å²) in [4.78, 5) is 6.53. The van der Waals surface area contributed by atoms with Crippen molar-refractivity contribution in [3.8, 4) is 11.5 Å². The quantitative estimate of drug-likeness (QED) is 0.772. The fourth-order valence-electron chi connectivity index (χ4n) is 4.14. The highest BCUT2D eigenvalue weighted by atomic mass is 19.4. The van der Waals surface area contributed by atoms with Crippen LogP contribution >= 0.6 is 0 Å². The summed E-state index contributed by atoms with van der Waals surface area (Å²) in [5.41, 5.74) is 5.19. The lowest BCUT2D eigenvalue weighted by Gasteiger charge is -2.46. The summed E-state index contributed by atoms with van der Waals surface area (Å²) in [6.45, 7) is 2.63. The monoisotopic (exact) mass is 413 g/mol. The molecule has 1 saturated carbocycles. The van der Waals surface area contributed by atoms with E-state index < -0.39 is 17.6 Å². The molecule has 0 amide bonds. The fourth-order valence-corrected chi connectivity index (χ4v) is 4.14. The predicted molar refractivity (Wildman–Crippen MR) is 97.3 cm³/mol. The summed E-state index contributed by atoms with van der Waals surface area (Å²) in [6.07, 6.45) is 0.377. The highest BCUT2D eigenvalue weighted by molar-refractivity contribution is 5.55. The van der Waals surface area contributed by atoms with Gasteiger partial charge < -0.3 is 14.9 Å². The summed E-state index contributed by atoms with van der Waals surface area (Å²) in [6, 6.07) is 2.96. The molecule has 2 aromatic rings. The van der Waals surface area contributed by atoms with Gasteiger partial charge in [0.05, 0.1) is 23.5 Å². The number of halogens is 4. The number of rotatable bonds is 3. The van der Waals surface area contributed by atoms with Crippen LogP contribution in [0.3, 0.4) is 0 Å². The number of nitrogens with zero attached hydrogens (tertiary/aromatic N) is 2. The Morgan fingerprint density at radius 3 is 2.72 bits per heavy atom. The second-order valence-electron chi connectivity index (χ2n) is 7.92. The van der Waals surface area contributed by atoms with Gasteiger partial charge in [0.1, 0.15) is 12.1 Å². The van der Waals surface area contributed by atoms with E-state index in [1.54, 1.807) is 0 Å². The van der Waals surface area contributed by atoms with Crippen LogP contribution in [-0.2, 0) is 17.5 Å². The Kier molecular flexibility index (Phi) is 5.39. The third-order valence-corrected chi connectivity index (χ3v) is 5.73. The molecule has 5 nitrogen and oxygen atoms in total. The number of nitrogens with two attached hydrogens (primary N) is 1. The zero-order chi connectivity index (χ0) is 20.6. The van der Waals surface area contributed by atoms with Crippen LogP contribution in [0.5, 0.6) is 0 Å². The summed E-state index contributed by atoms with van der Waals surface area (Å²) in [5, 5.41) is 0. The number of hydrogen-bond donors (Lipinski definition) is 1. The van der Waals surface area contributed by atoms with Crippen molar-refractivity contribution in [2.75, 3.05) is 19.7 Å². The summed E-state index contributed by atoms with van der Waals surface area (Å²) < 4.78 is 63.8. The molecule has 2 N–H and O–H groups in total. The first-order chi connectivity index (χ1) is 13.7. The molecule has 2 fully saturated rings. The van der Waals surface area contributed by atoms with Crippen LogP contribution < -0.4 is 5.73 Å². The molecule has 1 aromatic carbocycles. The summed E-state index contributed by atoms with van der Waals surface area (Å²) in [5.74, 6) is -1.28. The van der Waals surface area contributed by atoms with Gasteiger partial charge in [-0.2, -0.15) is 13.2 Å². The summed E-state index contributed by atoms with van der Waals surface area (Å²) in [7, 11) is 0. The SMILES string of the molecule is NC1CCC2(CC1)CN(Cc1coc(-c3ccc(F)c(C(F)(F)F)c3)n1)CCO2. The van der Waals surface area contributed by atoms with Crippen LogP contribution in [0.2, 0.25) is 0 Å². The number of morpholine rings is 1. The molecule has 0 bridgehead atoms. The van der Waals surface area contributed by atoms with E-state index >= 15 is 0 Å². The maximum atomic E-state index is 13.5. The maximum absolute atomic E-state index is 13.5. The third-order valence-electron chi connectivity index (χ3n) is 5.73. The van der Waals surface area contributed by atoms with Crippen molar-refractivity contribution in [1.29, 1.82) is 0 Å². The van der Waals surface area contributed by atoms with Gasteiger partial charge in [0.2, 0.25) is 5.89 Å². The van der Waals surface area contributed by atoms with Crippen LogP contribution in [0.1, 0.15) is 36.9 Å². The van der Waals surface area contributed by atoms with Crippen molar-refractivity contribution < 1.29 is 26.7 Å². The average Bonchev–Trinajstić information content (AvgIpc) is 3.12. The zero-order valence-corrected chi connectivity index (χ0v) is 15.8. The van der Waals surface area contributed by atoms with Crippen molar-refractivity contribution >= 4 is 0 Å². The Labute approximate surface area is 165 Å². The van der Waals surface area contributed by atoms with E-state index in [9.17, 15) is 17.6 Å². The first-order valence-electron chi connectivity index (χ1n) is 9.68. The largest absolute Gasteiger partial charge is 0.444 e. The first-order valence-corrected chi connectivity index (χ1v) is 9.68. The number of benzene rings is 1.